The zero-order valence-corrected chi connectivity index (χ0v) is 16.8. The number of amides is 1. The zero-order valence-electron chi connectivity index (χ0n) is 16.0. The highest BCUT2D eigenvalue weighted by Crippen LogP contribution is 2.30. The van der Waals surface area contributed by atoms with E-state index in [4.69, 9.17) is 21.1 Å². The predicted molar refractivity (Wildman–Crippen MR) is 108 cm³/mol. The number of hydrogen-bond acceptors (Lipinski definition) is 4. The summed E-state index contributed by atoms with van der Waals surface area (Å²) in [5.41, 5.74) is 1.24. The molecule has 0 bridgehead atoms. The molecule has 5 nitrogen and oxygen atoms in total. The monoisotopic (exact) mass is 406 g/mol. The van der Waals surface area contributed by atoms with E-state index in [9.17, 15) is 9.18 Å². The maximum Gasteiger partial charge on any atom is 0.227 e. The summed E-state index contributed by atoms with van der Waals surface area (Å²) in [6, 6.07) is 10.0. The molecule has 28 heavy (non-hydrogen) atoms. The lowest BCUT2D eigenvalue weighted by molar-refractivity contribution is -0.121. The molecule has 1 aliphatic rings. The Bertz CT molecular complexity index is 838. The van der Waals surface area contributed by atoms with Crippen molar-refractivity contribution in [1.82, 2.24) is 4.90 Å². The van der Waals surface area contributed by atoms with Gasteiger partial charge in [-0.1, -0.05) is 17.7 Å². The van der Waals surface area contributed by atoms with Crippen LogP contribution in [0.25, 0.3) is 0 Å². The number of halogens is 2. The van der Waals surface area contributed by atoms with Crippen LogP contribution in [-0.2, 0) is 11.3 Å². The van der Waals surface area contributed by atoms with E-state index < -0.39 is 0 Å². The van der Waals surface area contributed by atoms with Crippen LogP contribution in [-0.4, -0.2) is 38.1 Å². The molecule has 2 aromatic rings. The molecule has 0 aliphatic carbocycles. The molecule has 150 valence electrons. The summed E-state index contributed by atoms with van der Waals surface area (Å²) in [4.78, 5) is 14.8. The van der Waals surface area contributed by atoms with Crippen LogP contribution in [0.15, 0.2) is 36.4 Å². The van der Waals surface area contributed by atoms with Crippen LogP contribution in [0.2, 0.25) is 5.02 Å². The first-order valence-corrected chi connectivity index (χ1v) is 9.57. The van der Waals surface area contributed by atoms with Crippen molar-refractivity contribution in [2.45, 2.75) is 19.4 Å². The number of carbonyl (C=O) groups excluding carboxylic acids is 1. The van der Waals surface area contributed by atoms with Crippen LogP contribution in [0, 0.1) is 11.7 Å². The highest BCUT2D eigenvalue weighted by atomic mass is 35.5. The summed E-state index contributed by atoms with van der Waals surface area (Å²) in [6.45, 7) is 1.99. The number of carbonyl (C=O) groups is 1. The number of rotatable bonds is 6. The molecule has 1 aliphatic heterocycles. The fourth-order valence-corrected chi connectivity index (χ4v) is 3.54. The molecule has 0 spiro atoms. The zero-order chi connectivity index (χ0) is 20.1. The number of piperidine rings is 1. The van der Waals surface area contributed by atoms with E-state index in [0.29, 0.717) is 34.3 Å². The fourth-order valence-electron chi connectivity index (χ4n) is 3.38. The number of nitrogens with zero attached hydrogens (tertiary/aromatic N) is 1. The Labute approximate surface area is 169 Å². The van der Waals surface area contributed by atoms with Gasteiger partial charge in [-0.2, -0.15) is 0 Å². The summed E-state index contributed by atoms with van der Waals surface area (Å²) in [6.07, 6.45) is 1.44. The molecule has 0 saturated carbocycles. The van der Waals surface area contributed by atoms with Gasteiger partial charge in [0, 0.05) is 29.1 Å². The molecule has 0 radical (unpaired) electrons. The second kappa shape index (κ2) is 9.26. The normalized spacial score (nSPS) is 15.3. The van der Waals surface area contributed by atoms with Crippen molar-refractivity contribution in [1.29, 1.82) is 0 Å². The van der Waals surface area contributed by atoms with Gasteiger partial charge < -0.3 is 14.8 Å². The van der Waals surface area contributed by atoms with Crippen LogP contribution >= 0.6 is 11.6 Å². The van der Waals surface area contributed by atoms with Crippen LogP contribution < -0.4 is 14.8 Å². The summed E-state index contributed by atoms with van der Waals surface area (Å²) in [7, 11) is 3.13. The number of benzene rings is 2. The van der Waals surface area contributed by atoms with E-state index in [1.165, 1.54) is 6.07 Å². The number of likely N-dealkylation sites (tertiary alicyclic amines) is 1. The topological polar surface area (TPSA) is 50.8 Å². The molecular weight excluding hydrogens is 383 g/mol. The predicted octanol–water partition coefficient (Wildman–Crippen LogP) is 4.35. The summed E-state index contributed by atoms with van der Waals surface area (Å²) in [5.74, 6) is 0.818. The van der Waals surface area contributed by atoms with Gasteiger partial charge in [0.2, 0.25) is 5.91 Å². The van der Waals surface area contributed by atoms with Gasteiger partial charge in [0.25, 0.3) is 0 Å². The minimum atomic E-state index is -0.293. The van der Waals surface area contributed by atoms with Crippen LogP contribution in [0.3, 0.4) is 0 Å². The van der Waals surface area contributed by atoms with Crippen LogP contribution in [0.4, 0.5) is 10.1 Å². The molecule has 1 heterocycles. The molecule has 2 aromatic carbocycles. The van der Waals surface area contributed by atoms with Crippen LogP contribution in [0.5, 0.6) is 11.5 Å². The van der Waals surface area contributed by atoms with Gasteiger partial charge in [0.1, 0.15) is 17.3 Å². The Kier molecular flexibility index (Phi) is 6.75. The van der Waals surface area contributed by atoms with Crippen molar-refractivity contribution < 1.29 is 18.7 Å². The third-order valence-electron chi connectivity index (χ3n) is 5.03. The molecule has 1 amide bonds. The SMILES string of the molecule is COc1ccc(NC(=O)C2CCN(Cc3ccc(Cl)cc3F)CC2)c(OC)c1. The Balaban J connectivity index is 1.55. The third kappa shape index (κ3) is 4.94. The summed E-state index contributed by atoms with van der Waals surface area (Å²) >= 11 is 5.80. The lowest BCUT2D eigenvalue weighted by Gasteiger charge is -2.31. The molecule has 3 rings (SSSR count). The Hall–Kier alpha value is -2.31. The second-order valence-corrected chi connectivity index (χ2v) is 7.28. The minimum Gasteiger partial charge on any atom is -0.497 e. The molecular formula is C21H24ClFN2O3. The number of anilines is 1. The average molecular weight is 407 g/mol. The largest absolute Gasteiger partial charge is 0.497 e. The number of ether oxygens (including phenoxy) is 2. The first-order valence-electron chi connectivity index (χ1n) is 9.19. The van der Waals surface area contributed by atoms with E-state index in [0.717, 1.165) is 25.9 Å². The maximum atomic E-state index is 14.0. The van der Waals surface area contributed by atoms with Gasteiger partial charge in [-0.15, -0.1) is 0 Å². The lowest BCUT2D eigenvalue weighted by atomic mass is 9.95. The van der Waals surface area contributed by atoms with E-state index in [1.54, 1.807) is 44.6 Å². The van der Waals surface area contributed by atoms with Crippen molar-refractivity contribution in [2.24, 2.45) is 5.92 Å². The quantitative estimate of drug-likeness (QED) is 0.775. The Morgan fingerprint density at radius 1 is 1.18 bits per heavy atom. The van der Waals surface area contributed by atoms with Crippen molar-refractivity contribution in [2.75, 3.05) is 32.6 Å². The standard InChI is InChI=1S/C21H24ClFN2O3/c1-27-17-5-6-19(20(12-17)28-2)24-21(26)14-7-9-25(10-8-14)13-15-3-4-16(22)11-18(15)23/h3-6,11-12,14H,7-10,13H2,1-2H3,(H,24,26). The van der Waals surface area contributed by atoms with Gasteiger partial charge in [-0.3, -0.25) is 9.69 Å². The minimum absolute atomic E-state index is 0.0270. The van der Waals surface area contributed by atoms with Gasteiger partial charge >= 0.3 is 0 Å². The molecule has 0 aromatic heterocycles. The van der Waals surface area contributed by atoms with E-state index in [2.05, 4.69) is 10.2 Å². The number of hydrogen-bond donors (Lipinski definition) is 1. The van der Waals surface area contributed by atoms with Gasteiger partial charge in [-0.25, -0.2) is 4.39 Å². The maximum absolute atomic E-state index is 14.0. The first-order chi connectivity index (χ1) is 13.5. The molecule has 1 N–H and O–H groups in total. The molecule has 1 saturated heterocycles. The summed E-state index contributed by atoms with van der Waals surface area (Å²) < 4.78 is 24.5. The van der Waals surface area contributed by atoms with E-state index in [1.807, 2.05) is 0 Å². The number of nitrogens with one attached hydrogen (secondary N) is 1. The van der Waals surface area contributed by atoms with Crippen LogP contribution in [0.1, 0.15) is 18.4 Å². The van der Waals surface area contributed by atoms with Crippen molar-refractivity contribution in [3.8, 4) is 11.5 Å². The van der Waals surface area contributed by atoms with Crippen molar-refractivity contribution >= 4 is 23.2 Å². The lowest BCUT2D eigenvalue weighted by Crippen LogP contribution is -2.38. The second-order valence-electron chi connectivity index (χ2n) is 6.84. The van der Waals surface area contributed by atoms with Gasteiger partial charge in [0.15, 0.2) is 0 Å². The number of methoxy groups -OCH3 is 2. The average Bonchev–Trinajstić information content (AvgIpc) is 2.71. The smallest absolute Gasteiger partial charge is 0.227 e. The van der Waals surface area contributed by atoms with E-state index >= 15 is 0 Å². The Morgan fingerprint density at radius 2 is 1.93 bits per heavy atom. The van der Waals surface area contributed by atoms with E-state index in [-0.39, 0.29) is 17.6 Å². The molecule has 0 unspecified atom stereocenters. The molecule has 7 heteroatoms. The van der Waals surface area contributed by atoms with Gasteiger partial charge in [0.05, 0.1) is 19.9 Å². The fraction of sp³-hybridized carbons (Fsp3) is 0.381. The third-order valence-corrected chi connectivity index (χ3v) is 5.27. The highest BCUT2D eigenvalue weighted by molar-refractivity contribution is 6.30. The van der Waals surface area contributed by atoms with Gasteiger partial charge in [-0.05, 0) is 50.2 Å². The van der Waals surface area contributed by atoms with Crippen molar-refractivity contribution in [3.63, 3.8) is 0 Å². The first kappa shape index (κ1) is 20.4. The van der Waals surface area contributed by atoms with Crippen molar-refractivity contribution in [3.05, 3.63) is 52.8 Å². The highest BCUT2D eigenvalue weighted by Gasteiger charge is 2.26. The molecule has 1 fully saturated rings. The summed E-state index contributed by atoms with van der Waals surface area (Å²) in [5, 5.41) is 3.34. The Morgan fingerprint density at radius 3 is 2.57 bits per heavy atom. The molecule has 0 atom stereocenters.